The summed E-state index contributed by atoms with van der Waals surface area (Å²) in [5.74, 6) is 3.75. The summed E-state index contributed by atoms with van der Waals surface area (Å²) in [4.78, 5) is 17.1. The molecule has 0 bridgehead atoms. The molecule has 6 atom stereocenters. The van der Waals surface area contributed by atoms with Crippen molar-refractivity contribution in [2.75, 3.05) is 0 Å². The van der Waals surface area contributed by atoms with Crippen molar-refractivity contribution in [3.05, 3.63) is 0 Å². The topological polar surface area (TPSA) is 122 Å². The van der Waals surface area contributed by atoms with E-state index in [9.17, 15) is 0 Å². The van der Waals surface area contributed by atoms with Gasteiger partial charge in [-0.25, -0.2) is 9.78 Å². The molecule has 2 fully saturated rings. The maximum absolute atomic E-state index is 8.73. The van der Waals surface area contributed by atoms with E-state index >= 15 is 0 Å². The first-order chi connectivity index (χ1) is 13.7. The Morgan fingerprint density at radius 1 is 0.774 bits per heavy atom. The van der Waals surface area contributed by atoms with Gasteiger partial charge in [-0.05, 0) is 61.2 Å². The van der Waals surface area contributed by atoms with E-state index in [-0.39, 0.29) is 71.3 Å². The molecule has 2 rings (SSSR count). The summed E-state index contributed by atoms with van der Waals surface area (Å²) >= 11 is -0.750. The minimum Gasteiger partial charge on any atom is -0.811 e. The zero-order valence-electron chi connectivity index (χ0n) is 20.9. The van der Waals surface area contributed by atoms with Crippen LogP contribution in [0.25, 0.3) is 0 Å². The van der Waals surface area contributed by atoms with Crippen molar-refractivity contribution in [3.63, 3.8) is 0 Å². The molecule has 7 nitrogen and oxygen atoms in total. The second-order valence-electron chi connectivity index (χ2n) is 9.01. The fourth-order valence-electron chi connectivity index (χ4n) is 4.47. The van der Waals surface area contributed by atoms with Gasteiger partial charge in [0.1, 0.15) is 6.79 Å². The average Bonchev–Trinajstić information content (AvgIpc) is 2.69. The van der Waals surface area contributed by atoms with Gasteiger partial charge in [0, 0.05) is 0 Å². The van der Waals surface area contributed by atoms with E-state index < -0.39 is 12.3 Å². The van der Waals surface area contributed by atoms with Gasteiger partial charge >= 0.3 is 59.1 Å². The second kappa shape index (κ2) is 24.9. The van der Waals surface area contributed by atoms with Crippen molar-refractivity contribution in [1.29, 1.82) is 0 Å². The van der Waals surface area contributed by atoms with Crippen LogP contribution in [0.5, 0.6) is 0 Å². The molecule has 176 valence electrons. The first-order valence-corrected chi connectivity index (χ1v) is 11.2. The van der Waals surface area contributed by atoms with E-state index in [1.807, 2.05) is 6.79 Å². The van der Waals surface area contributed by atoms with E-state index in [1.54, 1.807) is 0 Å². The summed E-state index contributed by atoms with van der Waals surface area (Å²) < 4.78 is 16.6. The van der Waals surface area contributed by atoms with E-state index in [1.165, 1.54) is 25.7 Å². The van der Waals surface area contributed by atoms with Crippen molar-refractivity contribution in [3.8, 4) is 0 Å². The third kappa shape index (κ3) is 17.8. The van der Waals surface area contributed by atoms with Crippen LogP contribution in [0.4, 0.5) is 0 Å². The molecular weight excluding hydrogens is 442 g/mol. The van der Waals surface area contributed by atoms with Gasteiger partial charge < -0.3 is 26.2 Å². The summed E-state index contributed by atoms with van der Waals surface area (Å²) in [5, 5.41) is 17.5. The Bertz CT molecular complexity index is 350. The molecule has 2 saturated carbocycles. The number of carbonyl (C=O) groups excluding carboxylic acids is 1. The molecule has 0 aromatic carbocycles. The van der Waals surface area contributed by atoms with Crippen LogP contribution < -0.4 is 59.1 Å². The Balaban J connectivity index is -0.000000185. The largest absolute Gasteiger partial charge is 1.00 e. The quantitative estimate of drug-likeness (QED) is 0.241. The van der Waals surface area contributed by atoms with Gasteiger partial charge in [0.05, 0.1) is 12.2 Å². The van der Waals surface area contributed by atoms with E-state index in [0.717, 1.165) is 12.8 Å². The summed E-state index contributed by atoms with van der Waals surface area (Å²) in [6.07, 6.45) is 7.14. The second-order valence-corrected chi connectivity index (χ2v) is 9.14. The summed E-state index contributed by atoms with van der Waals surface area (Å²) in [5.41, 5.74) is 0. The van der Waals surface area contributed by atoms with Crippen LogP contribution >= 0.6 is 12.3 Å². The van der Waals surface area contributed by atoms with E-state index in [4.69, 9.17) is 24.4 Å². The number of hydrogen-bond acceptors (Lipinski definition) is 8. The molecule has 2 N–H and O–H groups in total. The smallest absolute Gasteiger partial charge is 0.811 e. The Kier molecular flexibility index (Phi) is 32.1. The molecule has 6 unspecified atom stereocenters. The molecular formula is C21H42Na2O7S. The molecule has 0 spiro atoms. The van der Waals surface area contributed by atoms with Gasteiger partial charge in [-0.1, -0.05) is 54.4 Å². The third-order valence-corrected chi connectivity index (χ3v) is 6.19. The zero-order chi connectivity index (χ0) is 23.0. The van der Waals surface area contributed by atoms with E-state index in [0.29, 0.717) is 35.5 Å². The third-order valence-electron chi connectivity index (χ3n) is 6.19. The molecule has 0 saturated heterocycles. The predicted octanol–water partition coefficient (Wildman–Crippen LogP) is -0.323. The first kappa shape index (κ1) is 40.0. The Hall–Kier alpha value is 1.78. The molecule has 0 aromatic rings. The van der Waals surface area contributed by atoms with E-state index in [2.05, 4.69) is 51.3 Å². The Labute approximate surface area is 238 Å². The molecule has 2 aliphatic rings. The Morgan fingerprint density at radius 3 is 1.23 bits per heavy atom. The van der Waals surface area contributed by atoms with Crippen molar-refractivity contribution >= 4 is 19.1 Å². The summed E-state index contributed by atoms with van der Waals surface area (Å²) in [6, 6.07) is 0. The van der Waals surface area contributed by atoms with Gasteiger partial charge in [0.25, 0.3) is 0 Å². The summed E-state index contributed by atoms with van der Waals surface area (Å²) in [6.45, 7) is 15.3. The summed E-state index contributed by atoms with van der Waals surface area (Å²) in [7, 11) is 0. The van der Waals surface area contributed by atoms with Crippen LogP contribution in [0.15, 0.2) is 0 Å². The number of carbonyl (C=O) groups is 1. The number of hydrogen-bond donors (Lipinski definition) is 2. The van der Waals surface area contributed by atoms with Gasteiger partial charge in [-0.15, -0.1) is 0 Å². The van der Waals surface area contributed by atoms with Crippen LogP contribution in [-0.2, 0) is 14.6 Å². The minimum atomic E-state index is -0.750. The van der Waals surface area contributed by atoms with Crippen LogP contribution in [0.1, 0.15) is 80.1 Å². The SMILES string of the molecule is C=O.CC1CCC(C(C)C)C(OO)C1.CC1CCC(C(C)C)C(OO)C1.[Na+].[Na+].[O-]S[O-]. The number of rotatable bonds is 4. The first-order valence-electron chi connectivity index (χ1n) is 10.5. The zero-order valence-corrected chi connectivity index (χ0v) is 25.7. The maximum atomic E-state index is 8.73. The van der Waals surface area contributed by atoms with Crippen molar-refractivity contribution in [2.45, 2.75) is 92.3 Å². The molecule has 0 aromatic heterocycles. The normalized spacial score (nSPS) is 29.5. The van der Waals surface area contributed by atoms with Gasteiger partial charge in [-0.3, -0.25) is 10.5 Å². The fraction of sp³-hybridized carbons (Fsp3) is 0.952. The van der Waals surface area contributed by atoms with Crippen molar-refractivity contribution in [2.24, 2.45) is 35.5 Å². The fourth-order valence-corrected chi connectivity index (χ4v) is 4.47. The van der Waals surface area contributed by atoms with Crippen LogP contribution in [0.2, 0.25) is 0 Å². The molecule has 0 aliphatic heterocycles. The molecule has 0 heterocycles. The monoisotopic (exact) mass is 484 g/mol. The van der Waals surface area contributed by atoms with Gasteiger partial charge in [-0.2, -0.15) is 0 Å². The standard InChI is InChI=1S/2C10H20O2.CH2O.2Na.H2O2S/c2*1-7(2)9-5-4-8(3)6-10(9)12-11;1-2;;;1-3-2/h2*7-11H,4-6H2,1-3H3;1H2;;;1-2H/q;;;2*+1;/p-2. The van der Waals surface area contributed by atoms with Crippen molar-refractivity contribution in [1.82, 2.24) is 0 Å². The van der Waals surface area contributed by atoms with Gasteiger partial charge in [0.2, 0.25) is 0 Å². The maximum Gasteiger partial charge on any atom is 1.00 e. The van der Waals surface area contributed by atoms with Crippen molar-refractivity contribution < 1.29 is 93.3 Å². The van der Waals surface area contributed by atoms with Gasteiger partial charge in [0.15, 0.2) is 0 Å². The predicted molar refractivity (Wildman–Crippen MR) is 114 cm³/mol. The molecule has 0 radical (unpaired) electrons. The average molecular weight is 485 g/mol. The molecule has 31 heavy (non-hydrogen) atoms. The van der Waals surface area contributed by atoms with Crippen LogP contribution in [-0.4, -0.2) is 38.6 Å². The Morgan fingerprint density at radius 2 is 1.03 bits per heavy atom. The minimum absolute atomic E-state index is 0. The molecule has 0 amide bonds. The molecule has 2 aliphatic carbocycles. The molecule has 10 heteroatoms. The van der Waals surface area contributed by atoms with Crippen LogP contribution in [0, 0.1) is 35.5 Å². The van der Waals surface area contributed by atoms with Crippen LogP contribution in [0.3, 0.4) is 0 Å².